The molecule has 14 nitrogen and oxygen atoms in total. The van der Waals surface area contributed by atoms with Gasteiger partial charge in [0.1, 0.15) is 0 Å². The van der Waals surface area contributed by atoms with Crippen LogP contribution in [0.2, 0.25) is 0 Å². The number of likely N-dealkylation sites (tertiary alicyclic amines) is 4. The van der Waals surface area contributed by atoms with Crippen molar-refractivity contribution in [3.05, 3.63) is 0 Å². The Morgan fingerprint density at radius 2 is 0.843 bits per heavy atom. The number of nitrogens with zero attached hydrogens (tertiary/aromatic N) is 7. The molecule has 5 fully saturated rings. The van der Waals surface area contributed by atoms with Gasteiger partial charge in [-0.15, -0.1) is 0 Å². The number of piperidine rings is 2. The van der Waals surface area contributed by atoms with Crippen LogP contribution in [0, 0.1) is 17.8 Å². The molecule has 0 N–H and O–H groups in total. The Hall–Kier alpha value is -1.01. The zero-order chi connectivity index (χ0) is 63.4. The summed E-state index contributed by atoms with van der Waals surface area (Å²) in [6.07, 6.45) is 13.2. The number of amides is 1. The fraction of sp³-hybridized carbons (Fsp3) is 0.986. The predicted octanol–water partition coefficient (Wildman–Crippen LogP) is 13.0. The fourth-order valence-electron chi connectivity index (χ4n) is 10.5. The first kappa shape index (κ1) is 82.0. The van der Waals surface area contributed by atoms with Crippen molar-refractivity contribution < 1.29 is 33.2 Å². The lowest BCUT2D eigenvalue weighted by atomic mass is 9.97. The first-order valence-corrected chi connectivity index (χ1v) is 34.2. The van der Waals surface area contributed by atoms with E-state index >= 15 is 0 Å². The number of ether oxygens (including phenoxy) is 6. The second-order valence-corrected chi connectivity index (χ2v) is 28.3. The van der Waals surface area contributed by atoms with Gasteiger partial charge >= 0.3 is 0 Å². The number of rotatable bonds is 26. The van der Waals surface area contributed by atoms with Gasteiger partial charge in [0.05, 0.1) is 62.5 Å². The highest BCUT2D eigenvalue weighted by atomic mass is 16.5. The van der Waals surface area contributed by atoms with Crippen molar-refractivity contribution in [2.24, 2.45) is 17.8 Å². The highest BCUT2D eigenvalue weighted by Gasteiger charge is 2.27. The van der Waals surface area contributed by atoms with Crippen LogP contribution in [0.5, 0.6) is 0 Å². The first-order chi connectivity index (χ1) is 38.8. The quantitative estimate of drug-likeness (QED) is 0.0823. The van der Waals surface area contributed by atoms with E-state index in [0.29, 0.717) is 85.3 Å². The van der Waals surface area contributed by atoms with E-state index in [2.05, 4.69) is 189 Å². The molecule has 0 aromatic carbocycles. The standard InChI is InChI=1S/C12H26N2O.2C12H25NO.C11H23NO2.2C11H23NO/c1-10(2)13(5)9-7-8-12(15)14(6)11(3)4;1-10(2)13-7-5-12(9-13)6-8-14-11(3)4;1-10(2)13-7-5-12(6-8-13)9-14-11(3)4;1-9(2)12-5-6-13-11(7-12)8-14-10(3)4;1-9(2)12-7-5-11(6-8-12)13-10(3)4;1-9(2)12-6-5-11(7-12)8-13-10(3)4/h10-11H,7-9H2,1-6H3;2*10-12H,5-9H2,1-4H3;9-11H,5-8H2,1-4H3;2*9-11H,5-8H2,1-4H3. The van der Waals surface area contributed by atoms with Gasteiger partial charge in [0, 0.05) is 108 Å². The lowest BCUT2D eigenvalue weighted by Gasteiger charge is -2.35. The van der Waals surface area contributed by atoms with Gasteiger partial charge in [-0.2, -0.15) is 0 Å². The molecule has 5 aliphatic rings. The SMILES string of the molecule is CC(C)N(C)CCCC(=O)N(C)C(C)C.CC(C)OC1CCN(C(C)C)CC1.CC(C)OCC1CCN(C(C)C)C1.CC(C)OCC1CCN(C(C)C)CC1.CC(C)OCC1CN(C(C)C)CCO1.CC(C)OCCC1CCN(C(C)C)C1. The highest BCUT2D eigenvalue weighted by molar-refractivity contribution is 5.76. The first-order valence-electron chi connectivity index (χ1n) is 34.2. The summed E-state index contributed by atoms with van der Waals surface area (Å²) in [4.78, 5) is 28.4. The Bertz CT molecular complexity index is 1490. The molecule has 0 spiro atoms. The maximum Gasteiger partial charge on any atom is 0.222 e. The molecule has 0 aromatic heterocycles. The van der Waals surface area contributed by atoms with Crippen molar-refractivity contribution in [3.63, 3.8) is 0 Å². The van der Waals surface area contributed by atoms with E-state index < -0.39 is 0 Å². The molecule has 5 aliphatic heterocycles. The summed E-state index contributed by atoms with van der Waals surface area (Å²) < 4.78 is 33.9. The van der Waals surface area contributed by atoms with Gasteiger partial charge in [-0.3, -0.25) is 9.69 Å². The largest absolute Gasteiger partial charge is 0.379 e. The second-order valence-electron chi connectivity index (χ2n) is 28.3. The van der Waals surface area contributed by atoms with Crippen LogP contribution in [-0.4, -0.2) is 244 Å². The molecule has 0 aliphatic carbocycles. The van der Waals surface area contributed by atoms with Crippen LogP contribution in [0.1, 0.15) is 224 Å². The van der Waals surface area contributed by atoms with E-state index in [0.717, 1.165) is 76.8 Å². The molecule has 0 aromatic rings. The summed E-state index contributed by atoms with van der Waals surface area (Å²) in [5, 5.41) is 0. The maximum atomic E-state index is 11.6. The van der Waals surface area contributed by atoms with E-state index in [1.54, 1.807) is 0 Å². The molecule has 5 rings (SSSR count). The second kappa shape index (κ2) is 47.0. The van der Waals surface area contributed by atoms with E-state index in [1.165, 1.54) is 97.3 Å². The minimum absolute atomic E-state index is 0.252. The minimum atomic E-state index is 0.252. The van der Waals surface area contributed by atoms with Gasteiger partial charge in [-0.05, 0) is 275 Å². The third-order valence-corrected chi connectivity index (χ3v) is 16.9. The molecule has 3 unspecified atom stereocenters. The zero-order valence-corrected chi connectivity index (χ0v) is 60.0. The number of morpholine rings is 1. The van der Waals surface area contributed by atoms with Crippen molar-refractivity contribution in [2.75, 3.05) is 119 Å². The number of hydrogen-bond acceptors (Lipinski definition) is 13. The Labute approximate surface area is 517 Å². The summed E-state index contributed by atoms with van der Waals surface area (Å²) in [6.45, 7) is 69.5. The maximum absolute atomic E-state index is 11.6. The Kier molecular flexibility index (Phi) is 46.4. The summed E-state index contributed by atoms with van der Waals surface area (Å²) in [7, 11) is 3.97. The number of carbonyl (C=O) groups is 1. The zero-order valence-electron chi connectivity index (χ0n) is 60.0. The Morgan fingerprint density at radius 1 is 0.446 bits per heavy atom. The van der Waals surface area contributed by atoms with Gasteiger partial charge in [-0.1, -0.05) is 0 Å². The van der Waals surface area contributed by atoms with Crippen LogP contribution in [0.3, 0.4) is 0 Å². The summed E-state index contributed by atoms with van der Waals surface area (Å²) in [5.41, 5.74) is 0. The smallest absolute Gasteiger partial charge is 0.222 e. The van der Waals surface area contributed by atoms with Crippen molar-refractivity contribution in [2.45, 2.75) is 309 Å². The van der Waals surface area contributed by atoms with Crippen LogP contribution in [0.4, 0.5) is 0 Å². The fourth-order valence-corrected chi connectivity index (χ4v) is 10.5. The van der Waals surface area contributed by atoms with Gasteiger partial charge < -0.3 is 57.8 Å². The van der Waals surface area contributed by atoms with E-state index in [1.807, 2.05) is 25.8 Å². The van der Waals surface area contributed by atoms with Gasteiger partial charge in [0.15, 0.2) is 0 Å². The molecule has 0 saturated carbocycles. The van der Waals surface area contributed by atoms with Gasteiger partial charge in [0.2, 0.25) is 5.91 Å². The molecule has 0 bridgehead atoms. The van der Waals surface area contributed by atoms with Crippen molar-refractivity contribution in [1.29, 1.82) is 0 Å². The molecular formula is C69H145N7O7. The summed E-state index contributed by atoms with van der Waals surface area (Å²) in [6, 6.07) is 4.29. The molecule has 83 heavy (non-hydrogen) atoms. The van der Waals surface area contributed by atoms with Crippen molar-refractivity contribution in [1.82, 2.24) is 34.3 Å². The van der Waals surface area contributed by atoms with Gasteiger partial charge in [-0.25, -0.2) is 0 Å². The number of carbonyl (C=O) groups excluding carboxylic acids is 1. The van der Waals surface area contributed by atoms with E-state index in [9.17, 15) is 4.79 Å². The molecule has 1 amide bonds. The lowest BCUT2D eigenvalue weighted by Crippen LogP contribution is -2.47. The summed E-state index contributed by atoms with van der Waals surface area (Å²) >= 11 is 0. The minimum Gasteiger partial charge on any atom is -0.379 e. The third-order valence-electron chi connectivity index (χ3n) is 16.9. The molecule has 5 saturated heterocycles. The van der Waals surface area contributed by atoms with Crippen LogP contribution < -0.4 is 0 Å². The third kappa shape index (κ3) is 41.8. The van der Waals surface area contributed by atoms with Crippen LogP contribution in [0.15, 0.2) is 0 Å². The molecular weight excluding hydrogens is 1040 g/mol. The highest BCUT2D eigenvalue weighted by Crippen LogP contribution is 2.23. The predicted molar refractivity (Wildman–Crippen MR) is 355 cm³/mol. The van der Waals surface area contributed by atoms with Crippen LogP contribution in [0.25, 0.3) is 0 Å². The Morgan fingerprint density at radius 3 is 1.27 bits per heavy atom. The molecule has 498 valence electrons. The average Bonchev–Trinajstić information content (AvgIpc) is 4.11. The average molecular weight is 1180 g/mol. The van der Waals surface area contributed by atoms with E-state index in [-0.39, 0.29) is 12.0 Å². The summed E-state index contributed by atoms with van der Waals surface area (Å²) in [5.74, 6) is 2.69. The number of hydrogen-bond donors (Lipinski definition) is 0. The monoisotopic (exact) mass is 1180 g/mol. The topological polar surface area (TPSA) is 95.1 Å². The van der Waals surface area contributed by atoms with E-state index in [4.69, 9.17) is 28.4 Å². The van der Waals surface area contributed by atoms with Crippen molar-refractivity contribution in [3.8, 4) is 0 Å². The molecule has 5 heterocycles. The Balaban J connectivity index is 0.000000973. The molecule has 0 radical (unpaired) electrons. The molecule has 3 atom stereocenters. The van der Waals surface area contributed by atoms with Crippen LogP contribution in [-0.2, 0) is 33.2 Å². The normalized spacial score (nSPS) is 21.2. The van der Waals surface area contributed by atoms with Crippen molar-refractivity contribution >= 4 is 5.91 Å². The van der Waals surface area contributed by atoms with Gasteiger partial charge in [0.25, 0.3) is 0 Å². The molecule has 14 heteroatoms. The van der Waals surface area contributed by atoms with Crippen LogP contribution >= 0.6 is 0 Å². The lowest BCUT2D eigenvalue weighted by molar-refractivity contribution is -0.131.